The molecule has 0 atom stereocenters. The first-order valence-corrected chi connectivity index (χ1v) is 11.8. The standard InChI is InChI=1S/C23H22N4O4S/c1-32(30,31)24-14-13-15-7-9-17(10-8-15)25-23(29)18-11-12-19(28)21-20(18)26-22(27-21)16-5-3-2-4-6-16/h2-12,24,28H,13-14H2,1H3,(H,25,29)(H,26,27). The molecule has 8 nitrogen and oxygen atoms in total. The summed E-state index contributed by atoms with van der Waals surface area (Å²) in [5, 5.41) is 13.1. The van der Waals surface area contributed by atoms with Gasteiger partial charge in [0, 0.05) is 17.8 Å². The number of aromatic nitrogens is 2. The van der Waals surface area contributed by atoms with Gasteiger partial charge in [0.1, 0.15) is 22.6 Å². The fourth-order valence-corrected chi connectivity index (χ4v) is 3.80. The van der Waals surface area contributed by atoms with Crippen LogP contribution in [0.2, 0.25) is 0 Å². The van der Waals surface area contributed by atoms with E-state index in [-0.39, 0.29) is 11.7 Å². The van der Waals surface area contributed by atoms with Crippen molar-refractivity contribution in [2.75, 3.05) is 18.1 Å². The van der Waals surface area contributed by atoms with Crippen molar-refractivity contribution in [3.63, 3.8) is 0 Å². The fourth-order valence-electron chi connectivity index (χ4n) is 3.33. The van der Waals surface area contributed by atoms with Gasteiger partial charge in [-0.25, -0.2) is 18.1 Å². The van der Waals surface area contributed by atoms with Gasteiger partial charge in [-0.3, -0.25) is 4.79 Å². The average Bonchev–Trinajstić information content (AvgIpc) is 3.21. The molecular formula is C23H22N4O4S. The molecule has 0 aliphatic rings. The molecule has 1 amide bonds. The molecule has 0 unspecified atom stereocenters. The van der Waals surface area contributed by atoms with Gasteiger partial charge in [-0.1, -0.05) is 42.5 Å². The second-order valence-electron chi connectivity index (χ2n) is 7.37. The van der Waals surface area contributed by atoms with Crippen molar-refractivity contribution in [3.8, 4) is 17.1 Å². The monoisotopic (exact) mass is 450 g/mol. The molecule has 0 spiro atoms. The summed E-state index contributed by atoms with van der Waals surface area (Å²) in [4.78, 5) is 20.6. The van der Waals surface area contributed by atoms with Crippen LogP contribution in [-0.4, -0.2) is 42.2 Å². The number of carbonyl (C=O) groups excluding carboxylic acids is 1. The van der Waals surface area contributed by atoms with E-state index >= 15 is 0 Å². The summed E-state index contributed by atoms with van der Waals surface area (Å²) >= 11 is 0. The van der Waals surface area contributed by atoms with Gasteiger partial charge < -0.3 is 15.4 Å². The molecule has 1 heterocycles. The number of sulfonamides is 1. The molecule has 0 saturated carbocycles. The van der Waals surface area contributed by atoms with Gasteiger partial charge >= 0.3 is 0 Å². The number of nitrogens with one attached hydrogen (secondary N) is 3. The number of rotatable bonds is 7. The Morgan fingerprint density at radius 1 is 1.03 bits per heavy atom. The van der Waals surface area contributed by atoms with Crippen molar-refractivity contribution in [1.82, 2.24) is 14.7 Å². The lowest BCUT2D eigenvalue weighted by Gasteiger charge is -2.08. The van der Waals surface area contributed by atoms with Crippen LogP contribution in [0.15, 0.2) is 66.7 Å². The van der Waals surface area contributed by atoms with Gasteiger partial charge in [0.15, 0.2) is 0 Å². The van der Waals surface area contributed by atoms with E-state index in [1.165, 1.54) is 12.1 Å². The summed E-state index contributed by atoms with van der Waals surface area (Å²) in [5.74, 6) is 0.217. The minimum Gasteiger partial charge on any atom is -0.506 e. The van der Waals surface area contributed by atoms with E-state index in [0.29, 0.717) is 41.1 Å². The SMILES string of the molecule is CS(=O)(=O)NCCc1ccc(NC(=O)c2ccc(O)c3[nH]c(-c4ccccc4)nc23)cc1. The number of hydrogen-bond acceptors (Lipinski definition) is 5. The molecule has 0 aliphatic carbocycles. The van der Waals surface area contributed by atoms with Gasteiger partial charge in [0.2, 0.25) is 10.0 Å². The zero-order valence-electron chi connectivity index (χ0n) is 17.3. The maximum Gasteiger partial charge on any atom is 0.257 e. The largest absolute Gasteiger partial charge is 0.506 e. The summed E-state index contributed by atoms with van der Waals surface area (Å²) < 4.78 is 24.7. The zero-order chi connectivity index (χ0) is 22.7. The van der Waals surface area contributed by atoms with Crippen LogP contribution in [0.25, 0.3) is 22.4 Å². The zero-order valence-corrected chi connectivity index (χ0v) is 18.1. The normalized spacial score (nSPS) is 11.5. The Morgan fingerprint density at radius 2 is 1.75 bits per heavy atom. The van der Waals surface area contributed by atoms with Crippen LogP contribution in [0.5, 0.6) is 5.75 Å². The van der Waals surface area contributed by atoms with Crippen LogP contribution in [0.4, 0.5) is 5.69 Å². The summed E-state index contributed by atoms with van der Waals surface area (Å²) in [6, 6.07) is 19.6. The van der Waals surface area contributed by atoms with Crippen LogP contribution in [0.1, 0.15) is 15.9 Å². The number of phenolic OH excluding ortho intramolecular Hbond substituents is 1. The minimum absolute atomic E-state index is 0.0123. The van der Waals surface area contributed by atoms with E-state index in [0.717, 1.165) is 17.4 Å². The van der Waals surface area contributed by atoms with Crippen molar-refractivity contribution in [2.45, 2.75) is 6.42 Å². The lowest BCUT2D eigenvalue weighted by molar-refractivity contribution is 0.102. The lowest BCUT2D eigenvalue weighted by atomic mass is 10.1. The number of aromatic hydroxyl groups is 1. The average molecular weight is 451 g/mol. The third-order valence-electron chi connectivity index (χ3n) is 4.90. The highest BCUT2D eigenvalue weighted by Gasteiger charge is 2.17. The Labute approximate surface area is 185 Å². The molecule has 0 aliphatic heterocycles. The Morgan fingerprint density at radius 3 is 2.44 bits per heavy atom. The molecule has 0 fully saturated rings. The number of H-pyrrole nitrogens is 1. The number of imidazole rings is 1. The minimum atomic E-state index is -3.22. The number of carbonyl (C=O) groups is 1. The number of anilines is 1. The van der Waals surface area contributed by atoms with Crippen molar-refractivity contribution < 1.29 is 18.3 Å². The maximum atomic E-state index is 12.9. The Kier molecular flexibility index (Phi) is 5.93. The van der Waals surface area contributed by atoms with E-state index in [4.69, 9.17) is 0 Å². The number of amides is 1. The van der Waals surface area contributed by atoms with Crippen molar-refractivity contribution >= 4 is 32.7 Å². The van der Waals surface area contributed by atoms with Crippen LogP contribution in [0.3, 0.4) is 0 Å². The van der Waals surface area contributed by atoms with E-state index in [1.807, 2.05) is 42.5 Å². The lowest BCUT2D eigenvalue weighted by Crippen LogP contribution is -2.24. The molecule has 0 saturated heterocycles. The number of fused-ring (bicyclic) bond motifs is 1. The summed E-state index contributed by atoms with van der Waals surface area (Å²) in [5.41, 5.74) is 3.48. The second-order valence-corrected chi connectivity index (χ2v) is 9.21. The van der Waals surface area contributed by atoms with Gasteiger partial charge in [-0.15, -0.1) is 0 Å². The molecule has 4 aromatic rings. The van der Waals surface area contributed by atoms with Crippen molar-refractivity contribution in [3.05, 3.63) is 77.9 Å². The Balaban J connectivity index is 1.53. The predicted molar refractivity (Wildman–Crippen MR) is 124 cm³/mol. The summed E-state index contributed by atoms with van der Waals surface area (Å²) in [7, 11) is -3.22. The first kappa shape index (κ1) is 21.5. The van der Waals surface area contributed by atoms with E-state index in [1.54, 1.807) is 12.1 Å². The van der Waals surface area contributed by atoms with Gasteiger partial charge in [0.25, 0.3) is 5.91 Å². The summed E-state index contributed by atoms with van der Waals surface area (Å²) in [6.45, 7) is 0.305. The Hall–Kier alpha value is -3.69. The molecular weight excluding hydrogens is 428 g/mol. The van der Waals surface area contributed by atoms with E-state index < -0.39 is 10.0 Å². The number of hydrogen-bond donors (Lipinski definition) is 4. The molecule has 3 aromatic carbocycles. The first-order chi connectivity index (χ1) is 15.3. The highest BCUT2D eigenvalue weighted by Crippen LogP contribution is 2.29. The van der Waals surface area contributed by atoms with Crippen molar-refractivity contribution in [1.29, 1.82) is 0 Å². The second kappa shape index (κ2) is 8.81. The highest BCUT2D eigenvalue weighted by atomic mass is 32.2. The molecule has 32 heavy (non-hydrogen) atoms. The van der Waals surface area contributed by atoms with E-state index in [2.05, 4.69) is 20.0 Å². The van der Waals surface area contributed by atoms with Gasteiger partial charge in [-0.05, 0) is 36.2 Å². The number of phenols is 1. The van der Waals surface area contributed by atoms with Gasteiger partial charge in [-0.2, -0.15) is 0 Å². The Bertz CT molecular complexity index is 1360. The third-order valence-corrected chi connectivity index (χ3v) is 5.63. The molecule has 9 heteroatoms. The number of benzene rings is 3. The molecule has 4 N–H and O–H groups in total. The quantitative estimate of drug-likeness (QED) is 0.344. The van der Waals surface area contributed by atoms with Crippen molar-refractivity contribution in [2.24, 2.45) is 0 Å². The predicted octanol–water partition coefficient (Wildman–Crippen LogP) is 3.28. The molecule has 0 radical (unpaired) electrons. The smallest absolute Gasteiger partial charge is 0.257 e. The number of nitrogens with zero attached hydrogens (tertiary/aromatic N) is 1. The topological polar surface area (TPSA) is 124 Å². The molecule has 4 rings (SSSR count). The van der Waals surface area contributed by atoms with Crippen LogP contribution < -0.4 is 10.0 Å². The van der Waals surface area contributed by atoms with Crippen LogP contribution in [-0.2, 0) is 16.4 Å². The number of aromatic amines is 1. The van der Waals surface area contributed by atoms with Crippen LogP contribution in [0, 0.1) is 0 Å². The first-order valence-electron chi connectivity index (χ1n) is 9.92. The fraction of sp³-hybridized carbons (Fsp3) is 0.130. The van der Waals surface area contributed by atoms with E-state index in [9.17, 15) is 18.3 Å². The molecule has 1 aromatic heterocycles. The van der Waals surface area contributed by atoms with Gasteiger partial charge in [0.05, 0.1) is 11.8 Å². The molecule has 164 valence electrons. The third kappa shape index (κ3) is 4.96. The van der Waals surface area contributed by atoms with Crippen LogP contribution >= 0.6 is 0 Å². The maximum absolute atomic E-state index is 12.9. The summed E-state index contributed by atoms with van der Waals surface area (Å²) in [6.07, 6.45) is 1.66. The molecule has 0 bridgehead atoms. The highest BCUT2D eigenvalue weighted by molar-refractivity contribution is 7.88.